The summed E-state index contributed by atoms with van der Waals surface area (Å²) < 4.78 is 10.5. The highest BCUT2D eigenvalue weighted by Gasteiger charge is 2.13. The lowest BCUT2D eigenvalue weighted by atomic mass is 10.1. The van der Waals surface area contributed by atoms with Crippen LogP contribution < -0.4 is 25.8 Å². The molecule has 0 fully saturated rings. The van der Waals surface area contributed by atoms with Gasteiger partial charge in [-0.3, -0.25) is 9.59 Å². The number of nitrogens with zero attached hydrogens (tertiary/aromatic N) is 1. The minimum Gasteiger partial charge on any atom is -0.497 e. The van der Waals surface area contributed by atoms with Crippen molar-refractivity contribution in [2.24, 2.45) is 5.73 Å². The summed E-state index contributed by atoms with van der Waals surface area (Å²) in [4.78, 5) is 27.2. The fourth-order valence-corrected chi connectivity index (χ4v) is 2.61. The van der Waals surface area contributed by atoms with E-state index < -0.39 is 5.91 Å². The molecule has 1 aromatic heterocycles. The van der Waals surface area contributed by atoms with Gasteiger partial charge in [-0.1, -0.05) is 0 Å². The number of carbonyl (C=O) groups excluding carboxylic acids is 2. The van der Waals surface area contributed by atoms with Crippen molar-refractivity contribution in [3.63, 3.8) is 0 Å². The Bertz CT molecular complexity index is 732. The van der Waals surface area contributed by atoms with E-state index in [-0.39, 0.29) is 19.0 Å². The molecule has 0 aliphatic carbocycles. The Balaban J connectivity index is 2.10. The van der Waals surface area contributed by atoms with Gasteiger partial charge in [-0.05, 0) is 18.2 Å². The summed E-state index contributed by atoms with van der Waals surface area (Å²) >= 11 is 1.27. The zero-order valence-electron chi connectivity index (χ0n) is 13.3. The molecular formula is C15H18N4O4S. The Morgan fingerprint density at radius 3 is 2.71 bits per heavy atom. The number of thiazole rings is 1. The first kappa shape index (κ1) is 17.7. The smallest absolute Gasteiger partial charge is 0.245 e. The predicted octanol–water partition coefficient (Wildman–Crippen LogP) is 0.841. The summed E-state index contributed by atoms with van der Waals surface area (Å²) in [6.45, 7) is -0.322. The van der Waals surface area contributed by atoms with Crippen molar-refractivity contribution < 1.29 is 19.1 Å². The standard InChI is InChI=1S/C15H18N4O4S/c1-22-9-3-4-12(23-2)10(5-9)11-8-24-15(18-11)19-14(21)7-17-13(20)6-16/h3-5,8H,6-7,16H2,1-2H3,(H,17,20)(H,18,19,21). The molecular weight excluding hydrogens is 332 g/mol. The van der Waals surface area contributed by atoms with Crippen molar-refractivity contribution in [3.8, 4) is 22.8 Å². The van der Waals surface area contributed by atoms with Gasteiger partial charge in [0.25, 0.3) is 0 Å². The average Bonchev–Trinajstić information content (AvgIpc) is 3.07. The second kappa shape index (κ2) is 8.27. The normalized spacial score (nSPS) is 10.1. The lowest BCUT2D eigenvalue weighted by molar-refractivity contribution is -0.123. The topological polar surface area (TPSA) is 116 Å². The van der Waals surface area contributed by atoms with E-state index in [1.807, 2.05) is 0 Å². The molecule has 2 amide bonds. The van der Waals surface area contributed by atoms with Gasteiger partial charge in [0.1, 0.15) is 11.5 Å². The van der Waals surface area contributed by atoms with Crippen molar-refractivity contribution in [3.05, 3.63) is 23.6 Å². The molecule has 0 unspecified atom stereocenters. The number of rotatable bonds is 7. The minimum absolute atomic E-state index is 0.159. The molecule has 1 aromatic carbocycles. The number of amides is 2. The number of nitrogens with one attached hydrogen (secondary N) is 2. The van der Waals surface area contributed by atoms with Crippen LogP contribution in [0.15, 0.2) is 23.6 Å². The highest BCUT2D eigenvalue weighted by Crippen LogP contribution is 2.34. The van der Waals surface area contributed by atoms with Crippen molar-refractivity contribution in [2.75, 3.05) is 32.6 Å². The fraction of sp³-hybridized carbons (Fsp3) is 0.267. The van der Waals surface area contributed by atoms with Gasteiger partial charge in [-0.25, -0.2) is 4.98 Å². The van der Waals surface area contributed by atoms with E-state index in [0.717, 1.165) is 5.56 Å². The number of anilines is 1. The van der Waals surface area contributed by atoms with E-state index in [1.165, 1.54) is 11.3 Å². The SMILES string of the molecule is COc1ccc(OC)c(-c2csc(NC(=O)CNC(=O)CN)n2)c1. The second-order valence-corrected chi connectivity index (χ2v) is 5.49. The second-order valence-electron chi connectivity index (χ2n) is 4.63. The number of hydrogen-bond acceptors (Lipinski definition) is 7. The first-order valence-corrected chi connectivity index (χ1v) is 7.90. The van der Waals surface area contributed by atoms with Gasteiger partial charge in [0.15, 0.2) is 5.13 Å². The van der Waals surface area contributed by atoms with E-state index in [1.54, 1.807) is 37.8 Å². The number of carbonyl (C=O) groups is 2. The number of ether oxygens (including phenoxy) is 2. The third-order valence-corrected chi connectivity index (χ3v) is 3.82. The molecule has 2 rings (SSSR count). The van der Waals surface area contributed by atoms with Crippen LogP contribution in [0.5, 0.6) is 11.5 Å². The third-order valence-electron chi connectivity index (χ3n) is 3.06. The molecule has 0 bridgehead atoms. The molecule has 0 spiro atoms. The van der Waals surface area contributed by atoms with E-state index in [9.17, 15) is 9.59 Å². The van der Waals surface area contributed by atoms with Crippen LogP contribution >= 0.6 is 11.3 Å². The van der Waals surface area contributed by atoms with Gasteiger partial charge in [0.05, 0.1) is 33.0 Å². The maximum absolute atomic E-state index is 11.8. The van der Waals surface area contributed by atoms with Crippen molar-refractivity contribution in [1.82, 2.24) is 10.3 Å². The largest absolute Gasteiger partial charge is 0.497 e. The number of nitrogens with two attached hydrogens (primary N) is 1. The van der Waals surface area contributed by atoms with Crippen LogP contribution in [0, 0.1) is 0 Å². The Labute approximate surface area is 143 Å². The van der Waals surface area contributed by atoms with Gasteiger partial charge < -0.3 is 25.8 Å². The van der Waals surface area contributed by atoms with Crippen LogP contribution in [0.3, 0.4) is 0 Å². The highest BCUT2D eigenvalue weighted by molar-refractivity contribution is 7.14. The van der Waals surface area contributed by atoms with Gasteiger partial charge >= 0.3 is 0 Å². The fourth-order valence-electron chi connectivity index (χ4n) is 1.88. The van der Waals surface area contributed by atoms with Gasteiger partial charge in [0.2, 0.25) is 11.8 Å². The molecule has 4 N–H and O–H groups in total. The predicted molar refractivity (Wildman–Crippen MR) is 91.3 cm³/mol. The van der Waals surface area contributed by atoms with Crippen LogP contribution in [0.2, 0.25) is 0 Å². The molecule has 0 saturated heterocycles. The molecule has 2 aromatic rings. The molecule has 0 radical (unpaired) electrons. The van der Waals surface area contributed by atoms with Crippen molar-refractivity contribution in [2.45, 2.75) is 0 Å². The first-order chi connectivity index (χ1) is 11.6. The van der Waals surface area contributed by atoms with E-state index in [2.05, 4.69) is 15.6 Å². The Morgan fingerprint density at radius 1 is 1.25 bits per heavy atom. The summed E-state index contributed by atoms with van der Waals surface area (Å²) in [5.41, 5.74) is 6.56. The molecule has 128 valence electrons. The number of benzene rings is 1. The summed E-state index contributed by atoms with van der Waals surface area (Å²) in [7, 11) is 3.15. The van der Waals surface area contributed by atoms with Gasteiger partial charge in [-0.15, -0.1) is 11.3 Å². The van der Waals surface area contributed by atoms with E-state index >= 15 is 0 Å². The van der Waals surface area contributed by atoms with E-state index in [0.29, 0.717) is 22.3 Å². The Kier molecular flexibility index (Phi) is 6.10. The molecule has 0 saturated carbocycles. The van der Waals surface area contributed by atoms with Gasteiger partial charge in [-0.2, -0.15) is 0 Å². The van der Waals surface area contributed by atoms with Crippen LogP contribution in [0.4, 0.5) is 5.13 Å². The molecule has 0 atom stereocenters. The zero-order chi connectivity index (χ0) is 17.5. The summed E-state index contributed by atoms with van der Waals surface area (Å²) in [5.74, 6) is 0.546. The minimum atomic E-state index is -0.397. The van der Waals surface area contributed by atoms with Gasteiger partial charge in [0, 0.05) is 10.9 Å². The Morgan fingerprint density at radius 2 is 2.04 bits per heavy atom. The molecule has 0 aliphatic rings. The van der Waals surface area contributed by atoms with Crippen LogP contribution in [-0.2, 0) is 9.59 Å². The number of methoxy groups -OCH3 is 2. The summed E-state index contributed by atoms with van der Waals surface area (Å²) in [6.07, 6.45) is 0. The maximum Gasteiger partial charge on any atom is 0.245 e. The quantitative estimate of drug-likeness (QED) is 0.681. The Hall–Kier alpha value is -2.65. The highest BCUT2D eigenvalue weighted by atomic mass is 32.1. The molecule has 0 aliphatic heterocycles. The zero-order valence-corrected chi connectivity index (χ0v) is 14.1. The molecule has 24 heavy (non-hydrogen) atoms. The summed E-state index contributed by atoms with van der Waals surface area (Å²) in [5, 5.41) is 7.22. The van der Waals surface area contributed by atoms with Crippen LogP contribution in [0.1, 0.15) is 0 Å². The lowest BCUT2D eigenvalue weighted by Gasteiger charge is -2.08. The summed E-state index contributed by atoms with van der Waals surface area (Å²) in [6, 6.07) is 5.38. The molecule has 9 heteroatoms. The molecule has 1 heterocycles. The number of hydrogen-bond donors (Lipinski definition) is 3. The monoisotopic (exact) mass is 350 g/mol. The number of aromatic nitrogens is 1. The third kappa shape index (κ3) is 4.43. The molecule has 8 nitrogen and oxygen atoms in total. The maximum atomic E-state index is 11.8. The van der Waals surface area contributed by atoms with Crippen molar-refractivity contribution >= 4 is 28.3 Å². The van der Waals surface area contributed by atoms with E-state index in [4.69, 9.17) is 15.2 Å². The van der Waals surface area contributed by atoms with Crippen LogP contribution in [-0.4, -0.2) is 44.1 Å². The average molecular weight is 350 g/mol. The van der Waals surface area contributed by atoms with Crippen LogP contribution in [0.25, 0.3) is 11.3 Å². The van der Waals surface area contributed by atoms with Crippen molar-refractivity contribution in [1.29, 1.82) is 0 Å². The lowest BCUT2D eigenvalue weighted by Crippen LogP contribution is -2.36. The first-order valence-electron chi connectivity index (χ1n) is 7.02.